The minimum atomic E-state index is -0.700. The summed E-state index contributed by atoms with van der Waals surface area (Å²) in [7, 11) is 0. The number of nitrogens with zero attached hydrogens (tertiary/aromatic N) is 2. The molecule has 2 heterocycles. The first-order valence-electron chi connectivity index (χ1n) is 6.04. The van der Waals surface area contributed by atoms with Crippen LogP contribution in [0.5, 0.6) is 0 Å². The lowest BCUT2D eigenvalue weighted by Gasteiger charge is -2.33. The molecule has 17 heavy (non-hydrogen) atoms. The summed E-state index contributed by atoms with van der Waals surface area (Å²) < 4.78 is 0. The number of aromatic nitrogens is 1. The lowest BCUT2D eigenvalue weighted by molar-refractivity contribution is -0.138. The molecule has 4 heteroatoms. The van der Waals surface area contributed by atoms with Crippen molar-refractivity contribution in [3.8, 4) is 0 Å². The van der Waals surface area contributed by atoms with Gasteiger partial charge in [-0.3, -0.25) is 4.79 Å². The molecule has 4 nitrogen and oxygen atoms in total. The number of hydrogen-bond donors (Lipinski definition) is 1. The fourth-order valence-corrected chi connectivity index (χ4v) is 2.33. The molecule has 1 aliphatic heterocycles. The number of anilines is 1. The number of aliphatic carboxylic acids is 1. The second-order valence-corrected chi connectivity index (χ2v) is 4.75. The highest BCUT2D eigenvalue weighted by Gasteiger charge is 2.22. The summed E-state index contributed by atoms with van der Waals surface area (Å²) in [6.45, 7) is 3.80. The molecule has 0 aromatic carbocycles. The van der Waals surface area contributed by atoms with Crippen molar-refractivity contribution >= 4 is 11.8 Å². The summed E-state index contributed by atoms with van der Waals surface area (Å²) in [5, 5.41) is 8.82. The molecule has 0 bridgehead atoms. The molecule has 0 spiro atoms. The monoisotopic (exact) mass is 234 g/mol. The summed E-state index contributed by atoms with van der Waals surface area (Å²) in [4.78, 5) is 17.3. The summed E-state index contributed by atoms with van der Waals surface area (Å²) in [6, 6.07) is 4.06. The molecule has 1 aliphatic rings. The Morgan fingerprint density at radius 3 is 3.06 bits per heavy atom. The Bertz CT molecular complexity index is 389. The average molecular weight is 234 g/mol. The fraction of sp³-hybridized carbons (Fsp3) is 0.538. The Kier molecular flexibility index (Phi) is 3.61. The van der Waals surface area contributed by atoms with Crippen LogP contribution in [0.3, 0.4) is 0 Å². The third-order valence-corrected chi connectivity index (χ3v) is 3.20. The SMILES string of the molecule is Cc1ccc(N2CCCC(CC(=O)O)C2)nc1. The lowest BCUT2D eigenvalue weighted by Crippen LogP contribution is -2.36. The van der Waals surface area contributed by atoms with Crippen LogP contribution >= 0.6 is 0 Å². The van der Waals surface area contributed by atoms with Gasteiger partial charge in [0, 0.05) is 25.7 Å². The zero-order chi connectivity index (χ0) is 12.3. The fourth-order valence-electron chi connectivity index (χ4n) is 2.33. The zero-order valence-electron chi connectivity index (χ0n) is 10.1. The van der Waals surface area contributed by atoms with Crippen molar-refractivity contribution in [2.45, 2.75) is 26.2 Å². The van der Waals surface area contributed by atoms with Crippen LogP contribution < -0.4 is 4.90 Å². The highest BCUT2D eigenvalue weighted by Crippen LogP contribution is 2.23. The van der Waals surface area contributed by atoms with Gasteiger partial charge in [0.2, 0.25) is 0 Å². The third kappa shape index (κ3) is 3.19. The molecule has 1 N–H and O–H groups in total. The molecule has 1 atom stereocenters. The molecule has 1 unspecified atom stereocenters. The second kappa shape index (κ2) is 5.17. The first-order valence-corrected chi connectivity index (χ1v) is 6.04. The van der Waals surface area contributed by atoms with E-state index in [9.17, 15) is 4.79 Å². The van der Waals surface area contributed by atoms with Crippen LogP contribution in [-0.4, -0.2) is 29.1 Å². The quantitative estimate of drug-likeness (QED) is 0.870. The summed E-state index contributed by atoms with van der Waals surface area (Å²) in [6.07, 6.45) is 4.18. The Labute approximate surface area is 101 Å². The standard InChI is InChI=1S/C13H18N2O2/c1-10-4-5-12(14-8-10)15-6-2-3-11(9-15)7-13(16)17/h4-5,8,11H,2-3,6-7,9H2,1H3,(H,16,17). The van der Waals surface area contributed by atoms with E-state index in [2.05, 4.69) is 9.88 Å². The zero-order valence-corrected chi connectivity index (χ0v) is 10.1. The van der Waals surface area contributed by atoms with E-state index in [0.29, 0.717) is 0 Å². The largest absolute Gasteiger partial charge is 0.481 e. The lowest BCUT2D eigenvalue weighted by atomic mass is 9.95. The molecule has 0 saturated carbocycles. The van der Waals surface area contributed by atoms with E-state index in [1.165, 1.54) is 0 Å². The maximum Gasteiger partial charge on any atom is 0.303 e. The topological polar surface area (TPSA) is 53.4 Å². The summed E-state index contributed by atoms with van der Waals surface area (Å²) >= 11 is 0. The minimum absolute atomic E-state index is 0.254. The first-order chi connectivity index (χ1) is 8.15. The van der Waals surface area contributed by atoms with E-state index in [1.807, 2.05) is 25.3 Å². The van der Waals surface area contributed by atoms with Crippen LogP contribution in [0.15, 0.2) is 18.3 Å². The maximum atomic E-state index is 10.7. The van der Waals surface area contributed by atoms with Gasteiger partial charge in [-0.25, -0.2) is 4.98 Å². The maximum absolute atomic E-state index is 10.7. The number of piperidine rings is 1. The molecular formula is C13H18N2O2. The number of hydrogen-bond acceptors (Lipinski definition) is 3. The van der Waals surface area contributed by atoms with E-state index >= 15 is 0 Å². The smallest absolute Gasteiger partial charge is 0.303 e. The predicted octanol–water partition coefficient (Wildman–Crippen LogP) is 2.08. The third-order valence-electron chi connectivity index (χ3n) is 3.20. The molecule has 1 saturated heterocycles. The van der Waals surface area contributed by atoms with Gasteiger partial charge >= 0.3 is 5.97 Å². The van der Waals surface area contributed by atoms with Gasteiger partial charge in [0.1, 0.15) is 5.82 Å². The number of aryl methyl sites for hydroxylation is 1. The Balaban J connectivity index is 2.01. The number of carboxylic acid groups (broad SMARTS) is 1. The molecule has 1 aromatic heterocycles. The van der Waals surface area contributed by atoms with Gasteiger partial charge in [-0.05, 0) is 37.3 Å². The number of rotatable bonds is 3. The Morgan fingerprint density at radius 2 is 2.41 bits per heavy atom. The van der Waals surface area contributed by atoms with Crippen LogP contribution in [0.4, 0.5) is 5.82 Å². The second-order valence-electron chi connectivity index (χ2n) is 4.75. The van der Waals surface area contributed by atoms with Gasteiger partial charge in [-0.2, -0.15) is 0 Å². The normalized spacial score (nSPS) is 20.3. The van der Waals surface area contributed by atoms with Crippen LogP contribution in [0, 0.1) is 12.8 Å². The van der Waals surface area contributed by atoms with Crippen LogP contribution in [0.25, 0.3) is 0 Å². The molecular weight excluding hydrogens is 216 g/mol. The highest BCUT2D eigenvalue weighted by atomic mass is 16.4. The first kappa shape index (κ1) is 11.9. The number of pyridine rings is 1. The molecule has 0 radical (unpaired) electrons. The molecule has 92 valence electrons. The molecule has 1 aromatic rings. The van der Waals surface area contributed by atoms with Gasteiger partial charge in [-0.1, -0.05) is 6.07 Å². The Hall–Kier alpha value is -1.58. The van der Waals surface area contributed by atoms with Crippen molar-refractivity contribution in [1.29, 1.82) is 0 Å². The van der Waals surface area contributed by atoms with Gasteiger partial charge in [0.25, 0.3) is 0 Å². The van der Waals surface area contributed by atoms with Gasteiger partial charge in [-0.15, -0.1) is 0 Å². The molecule has 2 rings (SSSR count). The van der Waals surface area contributed by atoms with Gasteiger partial charge < -0.3 is 10.0 Å². The summed E-state index contributed by atoms with van der Waals surface area (Å²) in [5.74, 6) is 0.517. The van der Waals surface area contributed by atoms with Gasteiger partial charge in [0.15, 0.2) is 0 Å². The molecule has 1 fully saturated rings. The van der Waals surface area contributed by atoms with Gasteiger partial charge in [0.05, 0.1) is 0 Å². The van der Waals surface area contributed by atoms with Crippen molar-refractivity contribution in [3.05, 3.63) is 23.9 Å². The minimum Gasteiger partial charge on any atom is -0.481 e. The number of carbonyl (C=O) groups is 1. The van der Waals surface area contributed by atoms with Crippen molar-refractivity contribution in [2.75, 3.05) is 18.0 Å². The molecule has 0 aliphatic carbocycles. The highest BCUT2D eigenvalue weighted by molar-refractivity contribution is 5.67. The van der Waals surface area contributed by atoms with E-state index < -0.39 is 5.97 Å². The van der Waals surface area contributed by atoms with E-state index in [-0.39, 0.29) is 12.3 Å². The van der Waals surface area contributed by atoms with Crippen molar-refractivity contribution in [2.24, 2.45) is 5.92 Å². The van der Waals surface area contributed by atoms with Crippen molar-refractivity contribution in [3.63, 3.8) is 0 Å². The van der Waals surface area contributed by atoms with E-state index in [0.717, 1.165) is 37.3 Å². The summed E-state index contributed by atoms with van der Waals surface area (Å²) in [5.41, 5.74) is 1.15. The van der Waals surface area contributed by atoms with Crippen LogP contribution in [0.2, 0.25) is 0 Å². The molecule has 0 amide bonds. The predicted molar refractivity (Wildman–Crippen MR) is 66.2 cm³/mol. The number of carboxylic acids is 1. The average Bonchev–Trinajstić information content (AvgIpc) is 2.29. The van der Waals surface area contributed by atoms with E-state index in [1.54, 1.807) is 0 Å². The van der Waals surface area contributed by atoms with Crippen molar-refractivity contribution in [1.82, 2.24) is 4.98 Å². The van der Waals surface area contributed by atoms with Crippen molar-refractivity contribution < 1.29 is 9.90 Å². The van der Waals surface area contributed by atoms with Crippen LogP contribution in [0.1, 0.15) is 24.8 Å². The van der Waals surface area contributed by atoms with Crippen LogP contribution in [-0.2, 0) is 4.79 Å². The van der Waals surface area contributed by atoms with E-state index in [4.69, 9.17) is 5.11 Å². The Morgan fingerprint density at radius 1 is 1.59 bits per heavy atom.